The van der Waals surface area contributed by atoms with Gasteiger partial charge in [-0.15, -0.1) is 0 Å². The number of quaternary nitrogens is 1. The third-order valence-corrected chi connectivity index (χ3v) is 3.49. The number of rotatable bonds is 9. The van der Waals surface area contributed by atoms with Crippen LogP contribution in [0.15, 0.2) is 18.2 Å². The monoisotopic (exact) mass is 385 g/mol. The summed E-state index contributed by atoms with van der Waals surface area (Å²) in [4.78, 5) is 36.2. The van der Waals surface area contributed by atoms with Crippen LogP contribution in [0.4, 0.5) is 5.69 Å². The number of carbonyl (C=O) groups is 3. The molecule has 8 nitrogen and oxygen atoms in total. The summed E-state index contributed by atoms with van der Waals surface area (Å²) in [5.41, 5.74) is 0.465. The number of likely N-dealkylation sites (N-methyl/N-ethyl adjacent to an activating group) is 1. The first-order chi connectivity index (χ1) is 12.2. The van der Waals surface area contributed by atoms with Crippen molar-refractivity contribution < 1.29 is 24.0 Å². The van der Waals surface area contributed by atoms with Gasteiger partial charge in [-0.25, -0.2) is 0 Å². The third kappa shape index (κ3) is 8.17. The Morgan fingerprint density at radius 3 is 2.42 bits per heavy atom. The van der Waals surface area contributed by atoms with Crippen LogP contribution in [-0.4, -0.2) is 57.6 Å². The Morgan fingerprint density at radius 1 is 1.15 bits per heavy atom. The standard InChI is InChI=1S/C17H25ClN4O4/c1-11(2)20-15(23)8-19-16(24)9-22(3)10-17(25)21-13-7-12(18)5-6-14(13)26-4/h5-7,11H,8-10H2,1-4H3,(H,19,24)(H,20,23)(H,21,25)/p+1. The van der Waals surface area contributed by atoms with Gasteiger partial charge in [0, 0.05) is 11.1 Å². The van der Waals surface area contributed by atoms with Gasteiger partial charge in [0.15, 0.2) is 13.1 Å². The van der Waals surface area contributed by atoms with Crippen LogP contribution >= 0.6 is 11.6 Å². The molecular weight excluding hydrogens is 360 g/mol. The molecule has 0 spiro atoms. The van der Waals surface area contributed by atoms with E-state index in [1.54, 1.807) is 25.2 Å². The summed E-state index contributed by atoms with van der Waals surface area (Å²) in [6.07, 6.45) is 0. The molecule has 0 fully saturated rings. The minimum Gasteiger partial charge on any atom is -0.495 e. The maximum Gasteiger partial charge on any atom is 0.279 e. The number of amides is 3. The highest BCUT2D eigenvalue weighted by Gasteiger charge is 2.16. The summed E-state index contributed by atoms with van der Waals surface area (Å²) in [5, 5.41) is 8.39. The highest BCUT2D eigenvalue weighted by molar-refractivity contribution is 6.31. The molecule has 1 atom stereocenters. The number of carbonyl (C=O) groups excluding carboxylic acids is 3. The van der Waals surface area contributed by atoms with E-state index in [1.165, 1.54) is 7.11 Å². The van der Waals surface area contributed by atoms with Gasteiger partial charge in [0.2, 0.25) is 5.91 Å². The highest BCUT2D eigenvalue weighted by atomic mass is 35.5. The first kappa shape index (κ1) is 21.7. The molecule has 1 aromatic carbocycles. The van der Waals surface area contributed by atoms with E-state index in [0.29, 0.717) is 21.4 Å². The number of methoxy groups -OCH3 is 1. The van der Waals surface area contributed by atoms with Crippen LogP contribution in [0.5, 0.6) is 5.75 Å². The zero-order chi connectivity index (χ0) is 19.7. The molecule has 0 bridgehead atoms. The average Bonchev–Trinajstić information content (AvgIpc) is 2.52. The molecule has 0 aliphatic heterocycles. The molecule has 0 aliphatic rings. The Bertz CT molecular complexity index is 652. The Hall–Kier alpha value is -2.32. The Labute approximate surface area is 158 Å². The van der Waals surface area contributed by atoms with Crippen molar-refractivity contribution in [1.82, 2.24) is 10.6 Å². The number of benzene rings is 1. The van der Waals surface area contributed by atoms with E-state index in [9.17, 15) is 14.4 Å². The Balaban J connectivity index is 2.44. The van der Waals surface area contributed by atoms with Crippen LogP contribution in [-0.2, 0) is 14.4 Å². The van der Waals surface area contributed by atoms with Crippen molar-refractivity contribution in [2.75, 3.05) is 39.1 Å². The summed E-state index contributed by atoms with van der Waals surface area (Å²) >= 11 is 5.93. The number of nitrogens with one attached hydrogen (secondary N) is 4. The molecule has 0 saturated heterocycles. The van der Waals surface area contributed by atoms with Gasteiger partial charge < -0.3 is 25.6 Å². The molecule has 0 aliphatic carbocycles. The van der Waals surface area contributed by atoms with Crippen LogP contribution in [0.3, 0.4) is 0 Å². The molecule has 144 valence electrons. The van der Waals surface area contributed by atoms with Gasteiger partial charge in [-0.3, -0.25) is 14.4 Å². The largest absolute Gasteiger partial charge is 0.495 e. The van der Waals surface area contributed by atoms with Gasteiger partial charge >= 0.3 is 0 Å². The van der Waals surface area contributed by atoms with Gasteiger partial charge in [-0.05, 0) is 32.0 Å². The fourth-order valence-corrected chi connectivity index (χ4v) is 2.37. The summed E-state index contributed by atoms with van der Waals surface area (Å²) in [6.45, 7) is 3.73. The van der Waals surface area contributed by atoms with Crippen LogP contribution in [0.25, 0.3) is 0 Å². The molecule has 4 N–H and O–H groups in total. The third-order valence-electron chi connectivity index (χ3n) is 3.26. The predicted molar refractivity (Wildman–Crippen MR) is 99.5 cm³/mol. The lowest BCUT2D eigenvalue weighted by atomic mass is 10.3. The molecule has 0 radical (unpaired) electrons. The first-order valence-corrected chi connectivity index (χ1v) is 8.59. The molecule has 1 rings (SSSR count). The molecule has 3 amide bonds. The number of halogens is 1. The van der Waals surface area contributed by atoms with Crippen molar-refractivity contribution in [3.8, 4) is 5.75 Å². The summed E-state index contributed by atoms with van der Waals surface area (Å²) in [6, 6.07) is 4.92. The number of hydrogen-bond acceptors (Lipinski definition) is 4. The van der Waals surface area contributed by atoms with Crippen LogP contribution in [0, 0.1) is 0 Å². The molecule has 1 unspecified atom stereocenters. The van der Waals surface area contributed by atoms with E-state index >= 15 is 0 Å². The molecule has 0 aromatic heterocycles. The summed E-state index contributed by atoms with van der Waals surface area (Å²) < 4.78 is 5.17. The fourth-order valence-electron chi connectivity index (χ4n) is 2.20. The van der Waals surface area contributed by atoms with Crippen molar-refractivity contribution in [2.24, 2.45) is 0 Å². The maximum absolute atomic E-state index is 12.1. The van der Waals surface area contributed by atoms with Gasteiger partial charge in [0.25, 0.3) is 11.8 Å². The topological polar surface area (TPSA) is 101 Å². The SMILES string of the molecule is COc1ccc(Cl)cc1NC(=O)C[NH+](C)CC(=O)NCC(=O)NC(C)C. The average molecular weight is 386 g/mol. The lowest BCUT2D eigenvalue weighted by Gasteiger charge is -2.15. The smallest absolute Gasteiger partial charge is 0.279 e. The van der Waals surface area contributed by atoms with E-state index < -0.39 is 0 Å². The van der Waals surface area contributed by atoms with Crippen LogP contribution in [0.2, 0.25) is 5.02 Å². The summed E-state index contributed by atoms with van der Waals surface area (Å²) in [5.74, 6) is -0.353. The first-order valence-electron chi connectivity index (χ1n) is 8.22. The zero-order valence-corrected chi connectivity index (χ0v) is 16.2. The lowest BCUT2D eigenvalue weighted by Crippen LogP contribution is -3.11. The predicted octanol–water partition coefficient (Wildman–Crippen LogP) is -0.557. The van der Waals surface area contributed by atoms with Crippen molar-refractivity contribution >= 4 is 35.0 Å². The van der Waals surface area contributed by atoms with E-state index in [2.05, 4.69) is 16.0 Å². The van der Waals surface area contributed by atoms with E-state index in [1.807, 2.05) is 13.8 Å². The number of ether oxygens (including phenoxy) is 1. The van der Waals surface area contributed by atoms with Gasteiger partial charge in [0.1, 0.15) is 5.75 Å². The number of anilines is 1. The minimum atomic E-state index is -0.311. The zero-order valence-electron chi connectivity index (χ0n) is 15.4. The Morgan fingerprint density at radius 2 is 1.81 bits per heavy atom. The van der Waals surface area contributed by atoms with Crippen LogP contribution < -0.4 is 25.6 Å². The quantitative estimate of drug-likeness (QED) is 0.458. The number of hydrogen-bond donors (Lipinski definition) is 4. The van der Waals surface area contributed by atoms with E-state index in [0.717, 1.165) is 0 Å². The van der Waals surface area contributed by atoms with Crippen molar-refractivity contribution in [2.45, 2.75) is 19.9 Å². The van der Waals surface area contributed by atoms with Crippen molar-refractivity contribution in [1.29, 1.82) is 0 Å². The van der Waals surface area contributed by atoms with Crippen molar-refractivity contribution in [3.05, 3.63) is 23.2 Å². The second kappa shape index (κ2) is 10.6. The van der Waals surface area contributed by atoms with E-state index in [4.69, 9.17) is 16.3 Å². The second-order valence-corrected chi connectivity index (χ2v) is 6.64. The van der Waals surface area contributed by atoms with Gasteiger partial charge in [-0.2, -0.15) is 0 Å². The van der Waals surface area contributed by atoms with Crippen LogP contribution in [0.1, 0.15) is 13.8 Å². The fraction of sp³-hybridized carbons (Fsp3) is 0.471. The lowest BCUT2D eigenvalue weighted by molar-refractivity contribution is -0.862. The molecule has 26 heavy (non-hydrogen) atoms. The molecule has 0 heterocycles. The molecule has 9 heteroatoms. The molecule has 0 saturated carbocycles. The Kier molecular flexibility index (Phi) is 8.87. The normalized spacial score (nSPS) is 11.6. The molecular formula is C17H26ClN4O4+. The van der Waals surface area contributed by atoms with Crippen molar-refractivity contribution in [3.63, 3.8) is 0 Å². The highest BCUT2D eigenvalue weighted by Crippen LogP contribution is 2.27. The van der Waals surface area contributed by atoms with Gasteiger partial charge in [-0.1, -0.05) is 11.6 Å². The minimum absolute atomic E-state index is 0.0138. The summed E-state index contributed by atoms with van der Waals surface area (Å²) in [7, 11) is 3.21. The second-order valence-electron chi connectivity index (χ2n) is 6.20. The maximum atomic E-state index is 12.1. The van der Waals surface area contributed by atoms with Gasteiger partial charge in [0.05, 0.1) is 26.4 Å². The molecule has 1 aromatic rings. The van der Waals surface area contributed by atoms with E-state index in [-0.39, 0.29) is 43.4 Å².